The van der Waals surface area contributed by atoms with Crippen molar-refractivity contribution < 1.29 is 32.4 Å². The number of nitro benzene ring substituents is 1. The molecule has 196 valence electrons. The molecule has 4 rings (SSSR count). The molecule has 0 aliphatic carbocycles. The minimum atomic E-state index is -4.75. The van der Waals surface area contributed by atoms with Gasteiger partial charge in [0.25, 0.3) is 5.91 Å². The summed E-state index contributed by atoms with van der Waals surface area (Å²) in [4.78, 5) is 27.5. The van der Waals surface area contributed by atoms with Crippen LogP contribution in [0.15, 0.2) is 70.6 Å². The van der Waals surface area contributed by atoms with Crippen LogP contribution in [-0.4, -0.2) is 22.6 Å². The molecule has 3 aromatic rings. The molecule has 1 amide bonds. The molecule has 13 heteroatoms. The third-order valence-electron chi connectivity index (χ3n) is 4.99. The number of hydrogen-bond acceptors (Lipinski definition) is 7. The number of carbonyl (C=O) groups is 1. The zero-order chi connectivity index (χ0) is 27.4. The van der Waals surface area contributed by atoms with E-state index in [1.807, 2.05) is 6.92 Å². The number of carbonyl (C=O) groups excluding carboxylic acids is 1. The summed E-state index contributed by atoms with van der Waals surface area (Å²) in [5, 5.41) is 14.4. The van der Waals surface area contributed by atoms with Crippen LogP contribution in [-0.2, 0) is 11.0 Å². The highest BCUT2D eigenvalue weighted by atomic mass is 35.5. The van der Waals surface area contributed by atoms with Gasteiger partial charge in [0.1, 0.15) is 11.5 Å². The first kappa shape index (κ1) is 27.0. The summed E-state index contributed by atoms with van der Waals surface area (Å²) in [6, 6.07) is 13.4. The van der Waals surface area contributed by atoms with Gasteiger partial charge in [0.2, 0.25) is 5.75 Å². The number of nitrogens with zero attached hydrogens (tertiary/aromatic N) is 2. The van der Waals surface area contributed by atoms with Crippen LogP contribution in [0.25, 0.3) is 6.08 Å². The van der Waals surface area contributed by atoms with Gasteiger partial charge in [0.15, 0.2) is 5.17 Å². The van der Waals surface area contributed by atoms with E-state index in [0.717, 1.165) is 17.8 Å². The minimum absolute atomic E-state index is 0.0158. The van der Waals surface area contributed by atoms with Crippen LogP contribution in [0.5, 0.6) is 17.2 Å². The third-order valence-corrected chi connectivity index (χ3v) is 6.19. The van der Waals surface area contributed by atoms with Crippen LogP contribution in [0, 0.1) is 10.1 Å². The fourth-order valence-corrected chi connectivity index (χ4v) is 4.33. The summed E-state index contributed by atoms with van der Waals surface area (Å²) >= 11 is 7.38. The number of amides is 1. The summed E-state index contributed by atoms with van der Waals surface area (Å²) in [6.45, 7) is 2.42. The monoisotopic (exact) mass is 563 g/mol. The highest BCUT2D eigenvalue weighted by Gasteiger charge is 2.33. The van der Waals surface area contributed by atoms with Crippen molar-refractivity contribution in [1.29, 1.82) is 0 Å². The fourth-order valence-electron chi connectivity index (χ4n) is 3.26. The smallest absolute Gasteiger partial charge is 0.416 e. The first-order valence-corrected chi connectivity index (χ1v) is 12.1. The molecule has 0 aromatic heterocycles. The van der Waals surface area contributed by atoms with Crippen molar-refractivity contribution in [3.05, 3.63) is 91.8 Å². The number of rotatable bonds is 7. The summed E-state index contributed by atoms with van der Waals surface area (Å²) in [6.07, 6.45) is -3.18. The number of nitro groups is 1. The second-order valence-electron chi connectivity index (χ2n) is 7.64. The number of hydrogen-bond donors (Lipinski definition) is 1. The number of amidine groups is 1. The molecule has 0 atom stereocenters. The van der Waals surface area contributed by atoms with Crippen LogP contribution >= 0.6 is 23.4 Å². The maximum Gasteiger partial charge on any atom is 0.416 e. The van der Waals surface area contributed by atoms with Crippen molar-refractivity contribution >= 4 is 51.9 Å². The zero-order valence-corrected chi connectivity index (χ0v) is 21.0. The summed E-state index contributed by atoms with van der Waals surface area (Å²) in [5.41, 5.74) is -0.897. The lowest BCUT2D eigenvalue weighted by Crippen LogP contribution is -2.19. The Kier molecular flexibility index (Phi) is 7.93. The van der Waals surface area contributed by atoms with Crippen molar-refractivity contribution in [2.75, 3.05) is 6.61 Å². The second kappa shape index (κ2) is 11.2. The molecule has 1 aliphatic heterocycles. The third kappa shape index (κ3) is 6.45. The second-order valence-corrected chi connectivity index (χ2v) is 9.08. The maximum atomic E-state index is 12.9. The largest absolute Gasteiger partial charge is 0.494 e. The lowest BCUT2D eigenvalue weighted by molar-refractivity contribution is -0.385. The Labute approximate surface area is 223 Å². The molecule has 0 unspecified atom stereocenters. The molecule has 1 N–H and O–H groups in total. The van der Waals surface area contributed by atoms with E-state index >= 15 is 0 Å². The minimum Gasteiger partial charge on any atom is -0.494 e. The van der Waals surface area contributed by atoms with Gasteiger partial charge in [-0.2, -0.15) is 13.2 Å². The molecule has 8 nitrogen and oxygen atoms in total. The first-order valence-electron chi connectivity index (χ1n) is 10.9. The van der Waals surface area contributed by atoms with Crippen LogP contribution in [0.2, 0.25) is 5.02 Å². The maximum absolute atomic E-state index is 12.9. The van der Waals surface area contributed by atoms with Crippen molar-refractivity contribution in [2.45, 2.75) is 13.1 Å². The summed E-state index contributed by atoms with van der Waals surface area (Å²) in [5.74, 6) is -0.0799. The van der Waals surface area contributed by atoms with Crippen molar-refractivity contribution in [1.82, 2.24) is 5.32 Å². The predicted octanol–water partition coefficient (Wildman–Crippen LogP) is 7.35. The van der Waals surface area contributed by atoms with Crippen LogP contribution in [0.3, 0.4) is 0 Å². The molecule has 0 radical (unpaired) electrons. The van der Waals surface area contributed by atoms with Gasteiger partial charge < -0.3 is 14.8 Å². The molecule has 1 fully saturated rings. The lowest BCUT2D eigenvalue weighted by atomic mass is 10.1. The number of ether oxygens (including phenoxy) is 2. The molecule has 0 bridgehead atoms. The standard InChI is InChI=1S/C25H17ClF3N3O5S/c1-2-36-17-7-5-16(6-8-17)30-24-31-23(33)22(38-24)12-14-3-9-20(18(26)11-14)37-21-10-4-15(25(27,28)29)13-19(21)32(34)35/h3-13H,2H2,1H3,(H,30,31,33)/b22-12-. The lowest BCUT2D eigenvalue weighted by Gasteiger charge is -2.11. The van der Waals surface area contributed by atoms with E-state index in [-0.39, 0.29) is 16.7 Å². The van der Waals surface area contributed by atoms with Gasteiger partial charge in [-0.15, -0.1) is 0 Å². The quantitative estimate of drug-likeness (QED) is 0.183. The van der Waals surface area contributed by atoms with Gasteiger partial charge in [-0.25, -0.2) is 4.99 Å². The number of aliphatic imine (C=N–C) groups is 1. The highest BCUT2D eigenvalue weighted by Crippen LogP contribution is 2.40. The van der Waals surface area contributed by atoms with Gasteiger partial charge in [0.05, 0.1) is 32.7 Å². The van der Waals surface area contributed by atoms with Gasteiger partial charge in [-0.3, -0.25) is 14.9 Å². The topological polar surface area (TPSA) is 103 Å². The van der Waals surface area contributed by atoms with Crippen LogP contribution in [0.4, 0.5) is 24.5 Å². The van der Waals surface area contributed by atoms with E-state index in [4.69, 9.17) is 21.1 Å². The van der Waals surface area contributed by atoms with E-state index in [1.54, 1.807) is 36.4 Å². The molecule has 38 heavy (non-hydrogen) atoms. The highest BCUT2D eigenvalue weighted by molar-refractivity contribution is 8.18. The Bertz CT molecular complexity index is 1460. The summed E-state index contributed by atoms with van der Waals surface area (Å²) in [7, 11) is 0. The average molecular weight is 564 g/mol. The molecule has 1 saturated heterocycles. The predicted molar refractivity (Wildman–Crippen MR) is 138 cm³/mol. The Morgan fingerprint density at radius 3 is 2.45 bits per heavy atom. The Hall–Kier alpha value is -4.03. The molecule has 1 heterocycles. The Morgan fingerprint density at radius 2 is 1.82 bits per heavy atom. The number of halogens is 4. The number of thioether (sulfide) groups is 1. The van der Waals surface area contributed by atoms with Crippen molar-refractivity contribution in [2.24, 2.45) is 4.99 Å². The van der Waals surface area contributed by atoms with Gasteiger partial charge in [-0.05, 0) is 78.9 Å². The van der Waals surface area contributed by atoms with Crippen molar-refractivity contribution in [3.8, 4) is 17.2 Å². The molecule has 0 saturated carbocycles. The number of nitrogens with one attached hydrogen (secondary N) is 1. The first-order chi connectivity index (χ1) is 18.0. The fraction of sp³-hybridized carbons (Fsp3) is 0.120. The van der Waals surface area contributed by atoms with Gasteiger partial charge >= 0.3 is 11.9 Å². The Balaban J connectivity index is 1.51. The van der Waals surface area contributed by atoms with Crippen molar-refractivity contribution in [3.63, 3.8) is 0 Å². The molecule has 1 aliphatic rings. The molecule has 0 spiro atoms. The zero-order valence-electron chi connectivity index (χ0n) is 19.4. The average Bonchev–Trinajstić information content (AvgIpc) is 3.19. The number of benzene rings is 3. The van der Waals surface area contributed by atoms with Crippen LogP contribution < -0.4 is 14.8 Å². The molecular weight excluding hydrogens is 547 g/mol. The number of alkyl halides is 3. The van der Waals surface area contributed by atoms with E-state index < -0.39 is 28.1 Å². The Morgan fingerprint density at radius 1 is 1.11 bits per heavy atom. The van der Waals surface area contributed by atoms with E-state index in [9.17, 15) is 28.1 Å². The molecule has 3 aromatic carbocycles. The van der Waals surface area contributed by atoms with E-state index in [0.29, 0.717) is 45.8 Å². The molecular formula is C25H17ClF3N3O5S. The van der Waals surface area contributed by atoms with Gasteiger partial charge in [0, 0.05) is 6.07 Å². The van der Waals surface area contributed by atoms with E-state index in [2.05, 4.69) is 10.3 Å². The normalized spacial score (nSPS) is 15.6. The van der Waals surface area contributed by atoms with Gasteiger partial charge in [-0.1, -0.05) is 17.7 Å². The van der Waals surface area contributed by atoms with Crippen LogP contribution in [0.1, 0.15) is 18.1 Å². The van der Waals surface area contributed by atoms with E-state index in [1.165, 1.54) is 12.1 Å². The summed E-state index contributed by atoms with van der Waals surface area (Å²) < 4.78 is 49.6. The SMILES string of the molecule is CCOc1ccc(N=C2NC(=O)/C(=C/c3ccc(Oc4ccc(C(F)(F)F)cc4[N+](=O)[O-])c(Cl)c3)S2)cc1.